The highest BCUT2D eigenvalue weighted by molar-refractivity contribution is 7.16. The molecule has 3 aromatic rings. The summed E-state index contributed by atoms with van der Waals surface area (Å²) in [4.78, 5) is 13.0. The van der Waals surface area contributed by atoms with Crippen LogP contribution in [-0.2, 0) is 13.2 Å². The maximum absolute atomic E-state index is 12.0. The molecule has 0 radical (unpaired) electrons. The lowest BCUT2D eigenvalue weighted by Gasteiger charge is -2.03. The van der Waals surface area contributed by atoms with E-state index in [-0.39, 0.29) is 18.3 Å². The van der Waals surface area contributed by atoms with E-state index >= 15 is 0 Å². The van der Waals surface area contributed by atoms with Crippen molar-refractivity contribution in [3.05, 3.63) is 75.3 Å². The SMILES string of the molecule is O=C(NCc1ccc(Cl)s1)c1ccc(COc2ccccc2)o1. The predicted molar refractivity (Wildman–Crippen MR) is 90.0 cm³/mol. The molecule has 2 heterocycles. The normalized spacial score (nSPS) is 10.5. The minimum atomic E-state index is -0.263. The molecule has 1 aromatic carbocycles. The van der Waals surface area contributed by atoms with Gasteiger partial charge in [-0.3, -0.25) is 4.79 Å². The predicted octanol–water partition coefficient (Wildman–Crippen LogP) is 4.50. The highest BCUT2D eigenvalue weighted by Gasteiger charge is 2.11. The minimum absolute atomic E-state index is 0.263. The fourth-order valence-corrected chi connectivity index (χ4v) is 2.98. The number of amides is 1. The average Bonchev–Trinajstić information content (AvgIpc) is 3.21. The van der Waals surface area contributed by atoms with E-state index in [4.69, 9.17) is 20.8 Å². The van der Waals surface area contributed by atoms with Crippen molar-refractivity contribution >= 4 is 28.8 Å². The Bertz CT molecular complexity index is 782. The molecule has 2 aromatic heterocycles. The molecule has 0 fully saturated rings. The van der Waals surface area contributed by atoms with Crippen LogP contribution in [0.5, 0.6) is 5.75 Å². The summed E-state index contributed by atoms with van der Waals surface area (Å²) in [6.07, 6.45) is 0. The number of hydrogen-bond acceptors (Lipinski definition) is 4. The average molecular weight is 348 g/mol. The van der Waals surface area contributed by atoms with Gasteiger partial charge < -0.3 is 14.5 Å². The van der Waals surface area contributed by atoms with Gasteiger partial charge in [-0.1, -0.05) is 29.8 Å². The molecule has 0 bridgehead atoms. The zero-order valence-corrected chi connectivity index (χ0v) is 13.7. The van der Waals surface area contributed by atoms with E-state index in [1.165, 1.54) is 11.3 Å². The van der Waals surface area contributed by atoms with Crippen LogP contribution >= 0.6 is 22.9 Å². The summed E-state index contributed by atoms with van der Waals surface area (Å²) in [6.45, 7) is 0.699. The second-order valence-corrected chi connectivity index (χ2v) is 6.56. The standard InChI is InChI=1S/C17H14ClNO3S/c18-16-9-7-14(23-16)10-19-17(20)15-8-6-13(22-15)11-21-12-4-2-1-3-5-12/h1-9H,10-11H2,(H,19,20). The first-order chi connectivity index (χ1) is 11.2. The van der Waals surface area contributed by atoms with E-state index in [9.17, 15) is 4.79 Å². The van der Waals surface area contributed by atoms with Crippen LogP contribution in [0.1, 0.15) is 21.2 Å². The molecule has 0 spiro atoms. The van der Waals surface area contributed by atoms with E-state index in [1.807, 2.05) is 36.4 Å². The molecule has 118 valence electrons. The summed E-state index contributed by atoms with van der Waals surface area (Å²) < 4.78 is 11.8. The second kappa shape index (κ2) is 7.35. The molecule has 1 amide bonds. The number of carbonyl (C=O) groups is 1. The molecule has 1 N–H and O–H groups in total. The highest BCUT2D eigenvalue weighted by Crippen LogP contribution is 2.21. The molecule has 3 rings (SSSR count). The summed E-state index contributed by atoms with van der Waals surface area (Å²) in [7, 11) is 0. The van der Waals surface area contributed by atoms with Gasteiger partial charge in [-0.05, 0) is 36.4 Å². The Balaban J connectivity index is 1.52. The van der Waals surface area contributed by atoms with Gasteiger partial charge in [-0.25, -0.2) is 0 Å². The topological polar surface area (TPSA) is 51.5 Å². The van der Waals surface area contributed by atoms with Crippen LogP contribution in [0.15, 0.2) is 59.0 Å². The van der Waals surface area contributed by atoms with Crippen molar-refractivity contribution in [3.63, 3.8) is 0 Å². The number of halogens is 1. The number of hydrogen-bond donors (Lipinski definition) is 1. The summed E-state index contributed by atoms with van der Waals surface area (Å²) in [6, 6.07) is 16.5. The molecule has 0 saturated carbocycles. The van der Waals surface area contributed by atoms with E-state index in [1.54, 1.807) is 18.2 Å². The minimum Gasteiger partial charge on any atom is -0.486 e. The van der Waals surface area contributed by atoms with Crippen molar-refractivity contribution in [2.45, 2.75) is 13.2 Å². The Hall–Kier alpha value is -2.24. The van der Waals surface area contributed by atoms with Crippen LogP contribution in [0.25, 0.3) is 0 Å². The van der Waals surface area contributed by atoms with Gasteiger partial charge in [0.05, 0.1) is 10.9 Å². The van der Waals surface area contributed by atoms with Crippen molar-refractivity contribution in [3.8, 4) is 5.75 Å². The van der Waals surface area contributed by atoms with Crippen LogP contribution < -0.4 is 10.1 Å². The molecule has 0 aliphatic rings. The number of carbonyl (C=O) groups excluding carboxylic acids is 1. The maximum atomic E-state index is 12.0. The van der Waals surface area contributed by atoms with Crippen molar-refractivity contribution < 1.29 is 13.9 Å². The first kappa shape index (κ1) is 15.6. The molecule has 0 unspecified atom stereocenters. The van der Waals surface area contributed by atoms with E-state index in [2.05, 4.69) is 5.32 Å². The van der Waals surface area contributed by atoms with Gasteiger partial charge >= 0.3 is 0 Å². The van der Waals surface area contributed by atoms with E-state index < -0.39 is 0 Å². The molecule has 23 heavy (non-hydrogen) atoms. The lowest BCUT2D eigenvalue weighted by molar-refractivity contribution is 0.0919. The van der Waals surface area contributed by atoms with Crippen LogP contribution in [0.3, 0.4) is 0 Å². The Morgan fingerprint density at radius 1 is 1.13 bits per heavy atom. The molecular weight excluding hydrogens is 334 g/mol. The van der Waals surface area contributed by atoms with Crippen LogP contribution in [0.4, 0.5) is 0 Å². The van der Waals surface area contributed by atoms with Gasteiger partial charge in [0.2, 0.25) is 0 Å². The molecule has 0 atom stereocenters. The fourth-order valence-electron chi connectivity index (χ4n) is 1.95. The molecule has 4 nitrogen and oxygen atoms in total. The number of thiophene rings is 1. The molecule has 0 saturated heterocycles. The van der Waals surface area contributed by atoms with Gasteiger partial charge in [-0.15, -0.1) is 11.3 Å². The smallest absolute Gasteiger partial charge is 0.287 e. The van der Waals surface area contributed by atoms with Gasteiger partial charge in [0.1, 0.15) is 18.1 Å². The van der Waals surface area contributed by atoms with E-state index in [0.717, 1.165) is 10.6 Å². The lowest BCUT2D eigenvalue weighted by Crippen LogP contribution is -2.21. The third kappa shape index (κ3) is 4.37. The quantitative estimate of drug-likeness (QED) is 0.714. The summed E-state index contributed by atoms with van der Waals surface area (Å²) >= 11 is 7.29. The summed E-state index contributed by atoms with van der Waals surface area (Å²) in [5.74, 6) is 1.35. The van der Waals surface area contributed by atoms with Crippen LogP contribution in [0.2, 0.25) is 4.34 Å². The molecule has 6 heteroatoms. The lowest BCUT2D eigenvalue weighted by atomic mass is 10.3. The van der Waals surface area contributed by atoms with Crippen LogP contribution in [-0.4, -0.2) is 5.91 Å². The highest BCUT2D eigenvalue weighted by atomic mass is 35.5. The largest absolute Gasteiger partial charge is 0.486 e. The first-order valence-corrected chi connectivity index (χ1v) is 8.19. The Labute approximate surface area is 142 Å². The van der Waals surface area contributed by atoms with E-state index in [0.29, 0.717) is 16.6 Å². The van der Waals surface area contributed by atoms with Gasteiger partial charge in [0.15, 0.2) is 5.76 Å². The summed E-state index contributed by atoms with van der Waals surface area (Å²) in [5.41, 5.74) is 0. The Morgan fingerprint density at radius 3 is 2.70 bits per heavy atom. The number of furan rings is 1. The van der Waals surface area contributed by atoms with Gasteiger partial charge in [0, 0.05) is 4.88 Å². The van der Waals surface area contributed by atoms with Crippen molar-refractivity contribution in [1.82, 2.24) is 5.32 Å². The number of benzene rings is 1. The second-order valence-electron chi connectivity index (χ2n) is 4.76. The first-order valence-electron chi connectivity index (χ1n) is 7.00. The van der Waals surface area contributed by atoms with Gasteiger partial charge in [0.25, 0.3) is 5.91 Å². The Kier molecular flexibility index (Phi) is 5.00. The third-order valence-corrected chi connectivity index (χ3v) is 4.29. The van der Waals surface area contributed by atoms with Gasteiger partial charge in [-0.2, -0.15) is 0 Å². The fraction of sp³-hybridized carbons (Fsp3) is 0.118. The zero-order chi connectivity index (χ0) is 16.1. The Morgan fingerprint density at radius 2 is 1.96 bits per heavy atom. The summed E-state index contributed by atoms with van der Waals surface area (Å²) in [5, 5.41) is 2.79. The number of nitrogens with one attached hydrogen (secondary N) is 1. The number of ether oxygens (including phenoxy) is 1. The number of rotatable bonds is 6. The van der Waals surface area contributed by atoms with Crippen molar-refractivity contribution in [1.29, 1.82) is 0 Å². The molecular formula is C17H14ClNO3S. The molecule has 0 aliphatic carbocycles. The number of para-hydroxylation sites is 1. The van der Waals surface area contributed by atoms with Crippen molar-refractivity contribution in [2.24, 2.45) is 0 Å². The monoisotopic (exact) mass is 347 g/mol. The van der Waals surface area contributed by atoms with Crippen LogP contribution in [0, 0.1) is 0 Å². The third-order valence-electron chi connectivity index (χ3n) is 3.06. The maximum Gasteiger partial charge on any atom is 0.287 e. The molecule has 0 aliphatic heterocycles. The van der Waals surface area contributed by atoms with Crippen molar-refractivity contribution in [2.75, 3.05) is 0 Å². The zero-order valence-electron chi connectivity index (χ0n) is 12.1.